The molecule has 150 valence electrons. The van der Waals surface area contributed by atoms with Crippen LogP contribution >= 0.6 is 0 Å². The van der Waals surface area contributed by atoms with Gasteiger partial charge in [0, 0.05) is 19.1 Å². The fraction of sp³-hybridized carbons (Fsp3) is 0.579. The van der Waals surface area contributed by atoms with Crippen molar-refractivity contribution in [3.63, 3.8) is 0 Å². The standard InChI is InChI=1S/C19H28N2O5S/c1-14(2)15(3)20-18(22)13-26-19(23)16-8-7-9-17(12-16)27(24,25)21-10-5-4-6-11-21/h7-9,12,14-15H,4-6,10-11,13H2,1-3H3,(H,20,22)/t15-/m1/s1. The molecule has 1 amide bonds. The zero-order valence-corrected chi connectivity index (χ0v) is 16.9. The molecule has 0 bridgehead atoms. The normalized spacial score (nSPS) is 16.7. The maximum atomic E-state index is 12.7. The maximum absolute atomic E-state index is 12.7. The minimum absolute atomic E-state index is 0.0331. The summed E-state index contributed by atoms with van der Waals surface area (Å²) in [4.78, 5) is 24.1. The van der Waals surface area contributed by atoms with Crippen molar-refractivity contribution in [1.82, 2.24) is 9.62 Å². The molecular weight excluding hydrogens is 368 g/mol. The number of rotatable bonds is 7. The number of esters is 1. The van der Waals surface area contributed by atoms with Crippen LogP contribution in [-0.4, -0.2) is 50.3 Å². The lowest BCUT2D eigenvalue weighted by Gasteiger charge is -2.25. The van der Waals surface area contributed by atoms with Crippen LogP contribution in [0, 0.1) is 5.92 Å². The molecule has 1 aromatic carbocycles. The summed E-state index contributed by atoms with van der Waals surface area (Å²) in [5, 5.41) is 2.75. The first-order valence-electron chi connectivity index (χ1n) is 9.28. The van der Waals surface area contributed by atoms with Gasteiger partial charge >= 0.3 is 5.97 Å². The van der Waals surface area contributed by atoms with E-state index in [-0.39, 0.29) is 28.3 Å². The minimum atomic E-state index is -3.63. The highest BCUT2D eigenvalue weighted by molar-refractivity contribution is 7.89. The van der Waals surface area contributed by atoms with Crippen LogP contribution in [0.3, 0.4) is 0 Å². The van der Waals surface area contributed by atoms with Crippen molar-refractivity contribution in [3.8, 4) is 0 Å². The molecule has 1 atom stereocenters. The number of hydrogen-bond acceptors (Lipinski definition) is 5. The molecule has 2 rings (SSSR count). The van der Waals surface area contributed by atoms with Crippen LogP contribution < -0.4 is 5.32 Å². The number of ether oxygens (including phenoxy) is 1. The molecule has 1 saturated heterocycles. The van der Waals surface area contributed by atoms with E-state index in [4.69, 9.17) is 4.74 Å². The molecule has 7 nitrogen and oxygen atoms in total. The van der Waals surface area contributed by atoms with E-state index in [9.17, 15) is 18.0 Å². The molecule has 0 radical (unpaired) electrons. The number of benzene rings is 1. The zero-order valence-electron chi connectivity index (χ0n) is 16.1. The van der Waals surface area contributed by atoms with Crippen LogP contribution in [0.1, 0.15) is 50.4 Å². The monoisotopic (exact) mass is 396 g/mol. The van der Waals surface area contributed by atoms with Gasteiger partial charge in [0.2, 0.25) is 10.0 Å². The summed E-state index contributed by atoms with van der Waals surface area (Å²) in [5.74, 6) is -0.846. The number of nitrogens with zero attached hydrogens (tertiary/aromatic N) is 1. The Morgan fingerprint density at radius 1 is 1.15 bits per heavy atom. The Balaban J connectivity index is 2.01. The Hall–Kier alpha value is -1.93. The maximum Gasteiger partial charge on any atom is 0.338 e. The van der Waals surface area contributed by atoms with Gasteiger partial charge in [0.1, 0.15) is 0 Å². The number of carbonyl (C=O) groups is 2. The van der Waals surface area contributed by atoms with E-state index in [0.29, 0.717) is 13.1 Å². The number of hydrogen-bond donors (Lipinski definition) is 1. The summed E-state index contributed by atoms with van der Waals surface area (Å²) in [5.41, 5.74) is 0.109. The lowest BCUT2D eigenvalue weighted by molar-refractivity contribution is -0.125. The van der Waals surface area contributed by atoms with Gasteiger partial charge in [-0.15, -0.1) is 0 Å². The lowest BCUT2D eigenvalue weighted by atomic mass is 10.1. The number of carbonyl (C=O) groups excluding carboxylic acids is 2. The van der Waals surface area contributed by atoms with E-state index >= 15 is 0 Å². The van der Waals surface area contributed by atoms with Crippen molar-refractivity contribution in [3.05, 3.63) is 29.8 Å². The average molecular weight is 397 g/mol. The van der Waals surface area contributed by atoms with Gasteiger partial charge in [-0.1, -0.05) is 26.3 Å². The molecule has 0 aromatic heterocycles. The molecule has 0 aliphatic carbocycles. The van der Waals surface area contributed by atoms with Crippen LogP contribution in [0.5, 0.6) is 0 Å². The predicted octanol–water partition coefficient (Wildman–Crippen LogP) is 2.18. The zero-order chi connectivity index (χ0) is 20.0. The number of amides is 1. The summed E-state index contributed by atoms with van der Waals surface area (Å²) in [7, 11) is -3.63. The summed E-state index contributed by atoms with van der Waals surface area (Å²) in [6.45, 7) is 6.41. The molecule has 1 N–H and O–H groups in total. The lowest BCUT2D eigenvalue weighted by Crippen LogP contribution is -2.38. The third-order valence-corrected chi connectivity index (χ3v) is 6.64. The van der Waals surface area contributed by atoms with Crippen molar-refractivity contribution in [2.45, 2.75) is 51.0 Å². The van der Waals surface area contributed by atoms with Gasteiger partial charge in [0.25, 0.3) is 5.91 Å². The summed E-state index contributed by atoms with van der Waals surface area (Å²) in [6, 6.07) is 5.73. The van der Waals surface area contributed by atoms with Gasteiger partial charge in [-0.25, -0.2) is 13.2 Å². The molecule has 0 spiro atoms. The smallest absolute Gasteiger partial charge is 0.338 e. The van der Waals surface area contributed by atoms with Gasteiger partial charge in [-0.2, -0.15) is 4.31 Å². The molecule has 1 aliphatic rings. The molecular formula is C19H28N2O5S. The Kier molecular flexibility index (Phi) is 7.38. The van der Waals surface area contributed by atoms with E-state index < -0.39 is 22.6 Å². The second-order valence-corrected chi connectivity index (χ2v) is 9.11. The highest BCUT2D eigenvalue weighted by Gasteiger charge is 2.26. The van der Waals surface area contributed by atoms with Crippen molar-refractivity contribution in [2.24, 2.45) is 5.92 Å². The first-order chi connectivity index (χ1) is 12.7. The van der Waals surface area contributed by atoms with Gasteiger partial charge in [0.05, 0.1) is 10.5 Å². The van der Waals surface area contributed by atoms with E-state index in [0.717, 1.165) is 19.3 Å². The van der Waals surface area contributed by atoms with Gasteiger partial charge < -0.3 is 10.1 Å². The molecule has 8 heteroatoms. The third-order valence-electron chi connectivity index (χ3n) is 4.75. The Morgan fingerprint density at radius 2 is 1.81 bits per heavy atom. The molecule has 1 fully saturated rings. The molecule has 1 aromatic rings. The van der Waals surface area contributed by atoms with Gasteiger partial charge in [-0.05, 0) is 43.9 Å². The first kappa shape index (κ1) is 21.4. The number of piperidine rings is 1. The van der Waals surface area contributed by atoms with Crippen LogP contribution in [0.4, 0.5) is 0 Å². The second kappa shape index (κ2) is 9.32. The fourth-order valence-electron chi connectivity index (χ4n) is 2.71. The summed E-state index contributed by atoms with van der Waals surface area (Å²) >= 11 is 0. The van der Waals surface area contributed by atoms with Crippen LogP contribution in [0.25, 0.3) is 0 Å². The van der Waals surface area contributed by atoms with Gasteiger partial charge in [-0.3, -0.25) is 4.79 Å². The summed E-state index contributed by atoms with van der Waals surface area (Å²) < 4.78 is 31.9. The molecule has 0 unspecified atom stereocenters. The van der Waals surface area contributed by atoms with Crippen molar-refractivity contribution >= 4 is 21.9 Å². The average Bonchev–Trinajstić information content (AvgIpc) is 2.66. The largest absolute Gasteiger partial charge is 0.452 e. The van der Waals surface area contributed by atoms with Crippen molar-refractivity contribution in [1.29, 1.82) is 0 Å². The van der Waals surface area contributed by atoms with E-state index in [1.807, 2.05) is 20.8 Å². The summed E-state index contributed by atoms with van der Waals surface area (Å²) in [6.07, 6.45) is 2.70. The number of sulfonamides is 1. The second-order valence-electron chi connectivity index (χ2n) is 7.17. The topological polar surface area (TPSA) is 92.8 Å². The third kappa shape index (κ3) is 5.77. The molecule has 0 saturated carbocycles. The molecule has 27 heavy (non-hydrogen) atoms. The van der Waals surface area contributed by atoms with Gasteiger partial charge in [0.15, 0.2) is 6.61 Å². The van der Waals surface area contributed by atoms with Crippen LogP contribution in [0.2, 0.25) is 0 Å². The van der Waals surface area contributed by atoms with E-state index in [2.05, 4.69) is 5.32 Å². The number of nitrogens with one attached hydrogen (secondary N) is 1. The quantitative estimate of drug-likeness (QED) is 0.713. The molecule has 1 heterocycles. The van der Waals surface area contributed by atoms with Crippen LogP contribution in [0.15, 0.2) is 29.2 Å². The first-order valence-corrected chi connectivity index (χ1v) is 10.7. The predicted molar refractivity (Wildman–Crippen MR) is 102 cm³/mol. The van der Waals surface area contributed by atoms with Crippen LogP contribution in [-0.2, 0) is 19.6 Å². The Morgan fingerprint density at radius 3 is 2.44 bits per heavy atom. The SMILES string of the molecule is CC(C)[C@@H](C)NC(=O)COC(=O)c1cccc(S(=O)(=O)N2CCCCC2)c1. The van der Waals surface area contributed by atoms with E-state index in [1.54, 1.807) is 0 Å². The highest BCUT2D eigenvalue weighted by atomic mass is 32.2. The Bertz CT molecular complexity index is 770. The Labute approximate surface area is 161 Å². The minimum Gasteiger partial charge on any atom is -0.452 e. The van der Waals surface area contributed by atoms with Crippen molar-refractivity contribution < 1.29 is 22.7 Å². The van der Waals surface area contributed by atoms with E-state index in [1.165, 1.54) is 28.6 Å². The van der Waals surface area contributed by atoms with Crippen molar-refractivity contribution in [2.75, 3.05) is 19.7 Å². The molecule has 1 aliphatic heterocycles. The fourth-order valence-corrected chi connectivity index (χ4v) is 4.28. The highest BCUT2D eigenvalue weighted by Crippen LogP contribution is 2.21.